The van der Waals surface area contributed by atoms with Crippen LogP contribution in [0.25, 0.3) is 0 Å². The van der Waals surface area contributed by atoms with Crippen molar-refractivity contribution in [1.29, 1.82) is 5.41 Å². The van der Waals surface area contributed by atoms with Crippen molar-refractivity contribution in [2.75, 3.05) is 6.61 Å². The van der Waals surface area contributed by atoms with Gasteiger partial charge in [-0.3, -0.25) is 4.79 Å². The largest absolute Gasteiger partial charge is 0.385 e. The third-order valence-electron chi connectivity index (χ3n) is 12.5. The summed E-state index contributed by atoms with van der Waals surface area (Å²) in [5.74, 6) is 2.01. The van der Waals surface area contributed by atoms with Crippen LogP contribution in [0.3, 0.4) is 0 Å². The molecule has 1 heterocycles. The second kappa shape index (κ2) is 9.76. The minimum atomic E-state index is -0.839. The van der Waals surface area contributed by atoms with Gasteiger partial charge in [0.15, 0.2) is 0 Å². The van der Waals surface area contributed by atoms with Crippen LogP contribution in [0.4, 0.5) is 0 Å². The number of rotatable bonds is 4. The molecule has 2 N–H and O–H groups in total. The fraction of sp³-hybridized carbons (Fsp3) is 0.667. The number of fused-ring (bicyclic) bond motifs is 4. The number of benzene rings is 1. The van der Waals surface area contributed by atoms with Crippen molar-refractivity contribution in [3.8, 4) is 0 Å². The number of ketones is 1. The lowest BCUT2D eigenvalue weighted by Gasteiger charge is -2.55. The van der Waals surface area contributed by atoms with Gasteiger partial charge in [-0.25, -0.2) is 0 Å². The van der Waals surface area contributed by atoms with Crippen LogP contribution in [0.15, 0.2) is 47.6 Å². The van der Waals surface area contributed by atoms with Gasteiger partial charge in [-0.1, -0.05) is 75.4 Å². The summed E-state index contributed by atoms with van der Waals surface area (Å²) in [5.41, 5.74) is 5.45. The molecule has 4 saturated carbocycles. The van der Waals surface area contributed by atoms with E-state index in [4.69, 9.17) is 10.1 Å². The Morgan fingerprint density at radius 3 is 2.55 bits per heavy atom. The number of hydrogen-bond donors (Lipinski definition) is 2. The standard InChI is InChI=1S/C36H47NO3/c1-23-16-19-40-36(23)18-15-30-33-27(14-17-35(30,39)22-36)29-12-13-32(38)34(29,2)21-28(33)25-8-10-26(11-9-25)31(37)20-24-6-4-3-5-7-24/h8-11,24,27-29,37,39H,1,3-7,12-22H2,2H3. The fourth-order valence-electron chi connectivity index (χ4n) is 10.2. The SMILES string of the molecule is C=C1CCOC12CCC1=C3C(c4ccc(C(=N)CC5CCCCC5)cc4)CC4(C)C(=O)CCC4C3CCC1(O)C2. The molecule has 5 fully saturated rings. The van der Waals surface area contributed by atoms with Crippen molar-refractivity contribution in [2.45, 2.75) is 120 Å². The van der Waals surface area contributed by atoms with Gasteiger partial charge in [-0.15, -0.1) is 0 Å². The predicted molar refractivity (Wildman–Crippen MR) is 159 cm³/mol. The fourth-order valence-corrected chi connectivity index (χ4v) is 10.2. The highest BCUT2D eigenvalue weighted by Crippen LogP contribution is 2.65. The first kappa shape index (κ1) is 26.8. The molecule has 1 aromatic rings. The van der Waals surface area contributed by atoms with Crippen molar-refractivity contribution in [3.05, 3.63) is 58.7 Å². The quantitative estimate of drug-likeness (QED) is 0.301. The van der Waals surface area contributed by atoms with Crippen molar-refractivity contribution < 1.29 is 14.6 Å². The van der Waals surface area contributed by atoms with Gasteiger partial charge in [0.25, 0.3) is 0 Å². The Balaban J connectivity index is 1.24. The zero-order valence-corrected chi connectivity index (χ0v) is 24.4. The van der Waals surface area contributed by atoms with E-state index in [2.05, 4.69) is 37.8 Å². The van der Waals surface area contributed by atoms with E-state index < -0.39 is 5.60 Å². The first-order valence-electron chi connectivity index (χ1n) is 16.2. The maximum atomic E-state index is 13.3. The van der Waals surface area contributed by atoms with Gasteiger partial charge >= 0.3 is 0 Å². The summed E-state index contributed by atoms with van der Waals surface area (Å²) >= 11 is 0. The molecule has 6 unspecified atom stereocenters. The molecule has 6 aliphatic rings. The second-order valence-corrected chi connectivity index (χ2v) is 14.5. The van der Waals surface area contributed by atoms with Gasteiger partial charge < -0.3 is 15.3 Å². The van der Waals surface area contributed by atoms with Crippen LogP contribution < -0.4 is 0 Å². The summed E-state index contributed by atoms with van der Waals surface area (Å²) < 4.78 is 6.30. The molecule has 1 saturated heterocycles. The van der Waals surface area contributed by atoms with Crippen molar-refractivity contribution in [3.63, 3.8) is 0 Å². The minimum Gasteiger partial charge on any atom is -0.385 e. The van der Waals surface area contributed by atoms with Gasteiger partial charge in [0.05, 0.1) is 17.8 Å². The van der Waals surface area contributed by atoms with E-state index in [1.165, 1.54) is 48.8 Å². The summed E-state index contributed by atoms with van der Waals surface area (Å²) in [6.07, 6.45) is 14.9. The highest BCUT2D eigenvalue weighted by molar-refractivity contribution is 5.98. The van der Waals surface area contributed by atoms with E-state index in [0.717, 1.165) is 74.8 Å². The Kier molecular flexibility index (Phi) is 6.55. The molecule has 7 rings (SSSR count). The molecule has 5 aliphatic carbocycles. The third kappa shape index (κ3) is 4.15. The van der Waals surface area contributed by atoms with Crippen LogP contribution >= 0.6 is 0 Å². The lowest BCUT2D eigenvalue weighted by molar-refractivity contribution is -0.129. The smallest absolute Gasteiger partial charge is 0.139 e. The molecule has 214 valence electrons. The average molecular weight is 542 g/mol. The zero-order valence-electron chi connectivity index (χ0n) is 24.4. The summed E-state index contributed by atoms with van der Waals surface area (Å²) in [6, 6.07) is 8.80. The van der Waals surface area contributed by atoms with E-state index in [0.29, 0.717) is 36.4 Å². The van der Waals surface area contributed by atoms with Gasteiger partial charge in [0.1, 0.15) is 5.78 Å². The Hall–Kier alpha value is -2.04. The molecule has 6 atom stereocenters. The molecule has 1 aromatic carbocycles. The second-order valence-electron chi connectivity index (χ2n) is 14.5. The summed E-state index contributed by atoms with van der Waals surface area (Å²) in [7, 11) is 0. The molecule has 0 radical (unpaired) electrons. The number of carbonyl (C=O) groups is 1. The van der Waals surface area contributed by atoms with Crippen LogP contribution in [-0.4, -0.2) is 34.4 Å². The number of Topliss-reactive ketones (excluding diaryl/α,β-unsaturated/α-hetero) is 1. The van der Waals surface area contributed by atoms with Crippen LogP contribution in [0.1, 0.15) is 120 Å². The molecule has 0 bridgehead atoms. The molecular formula is C36H47NO3. The van der Waals surface area contributed by atoms with E-state index in [1.54, 1.807) is 0 Å². The van der Waals surface area contributed by atoms with Gasteiger partial charge in [-0.2, -0.15) is 0 Å². The monoisotopic (exact) mass is 541 g/mol. The molecule has 4 nitrogen and oxygen atoms in total. The lowest BCUT2D eigenvalue weighted by atomic mass is 9.51. The van der Waals surface area contributed by atoms with Gasteiger partial charge in [0.2, 0.25) is 0 Å². The first-order chi connectivity index (χ1) is 19.2. The number of ether oxygens (including phenoxy) is 1. The van der Waals surface area contributed by atoms with E-state index in [9.17, 15) is 9.90 Å². The first-order valence-corrected chi connectivity index (χ1v) is 16.2. The number of hydrogen-bond acceptors (Lipinski definition) is 4. The van der Waals surface area contributed by atoms with Crippen LogP contribution in [0, 0.1) is 28.6 Å². The highest BCUT2D eigenvalue weighted by atomic mass is 16.5. The Bertz CT molecular complexity index is 1260. The van der Waals surface area contributed by atoms with E-state index in [1.807, 2.05) is 0 Å². The third-order valence-corrected chi connectivity index (χ3v) is 12.5. The van der Waals surface area contributed by atoms with Crippen LogP contribution in [0.2, 0.25) is 0 Å². The molecular weight excluding hydrogens is 494 g/mol. The maximum absolute atomic E-state index is 13.3. The summed E-state index contributed by atoms with van der Waals surface area (Å²) in [6.45, 7) is 7.31. The number of allylic oxidation sites excluding steroid dienone is 1. The van der Waals surface area contributed by atoms with Crippen molar-refractivity contribution in [2.24, 2.45) is 23.2 Å². The predicted octanol–water partition coefficient (Wildman–Crippen LogP) is 7.83. The molecule has 1 spiro atoms. The summed E-state index contributed by atoms with van der Waals surface area (Å²) in [4.78, 5) is 13.3. The number of carbonyl (C=O) groups excluding carboxylic acids is 1. The van der Waals surface area contributed by atoms with Crippen LogP contribution in [0.5, 0.6) is 0 Å². The normalized spacial score (nSPS) is 39.8. The minimum absolute atomic E-state index is 0.151. The maximum Gasteiger partial charge on any atom is 0.139 e. The van der Waals surface area contributed by atoms with Gasteiger partial charge in [0, 0.05) is 29.9 Å². The zero-order chi connectivity index (χ0) is 27.7. The molecule has 0 amide bonds. The summed E-state index contributed by atoms with van der Waals surface area (Å²) in [5, 5.41) is 21.1. The van der Waals surface area contributed by atoms with E-state index >= 15 is 0 Å². The number of aliphatic hydroxyl groups is 1. The van der Waals surface area contributed by atoms with Crippen molar-refractivity contribution in [1.82, 2.24) is 0 Å². The molecule has 1 aliphatic heterocycles. The van der Waals surface area contributed by atoms with Crippen LogP contribution in [-0.2, 0) is 9.53 Å². The Labute approximate surface area is 240 Å². The highest BCUT2D eigenvalue weighted by Gasteiger charge is 2.60. The van der Waals surface area contributed by atoms with Crippen molar-refractivity contribution >= 4 is 11.5 Å². The topological polar surface area (TPSA) is 70.4 Å². The Morgan fingerprint density at radius 1 is 1.05 bits per heavy atom. The molecule has 4 heteroatoms. The molecule has 40 heavy (non-hydrogen) atoms. The molecule has 0 aromatic heterocycles. The van der Waals surface area contributed by atoms with Gasteiger partial charge in [-0.05, 0) is 91.4 Å². The average Bonchev–Trinajstić information content (AvgIpc) is 3.45. The number of nitrogens with one attached hydrogen (secondary N) is 1. The lowest BCUT2D eigenvalue weighted by Crippen LogP contribution is -2.53. The van der Waals surface area contributed by atoms with E-state index in [-0.39, 0.29) is 16.9 Å². The Morgan fingerprint density at radius 2 is 1.82 bits per heavy atom.